The maximum atomic E-state index is 14.8. The highest BCUT2D eigenvalue weighted by Crippen LogP contribution is 2.54. The molecule has 0 aliphatic carbocycles. The Hall–Kier alpha value is -4.55. The second kappa shape index (κ2) is 12.2. The average molecular weight is 641 g/mol. The van der Waals surface area contributed by atoms with Crippen LogP contribution in [0, 0.1) is 17.8 Å². The van der Waals surface area contributed by atoms with Crippen LogP contribution in [0.2, 0.25) is 0 Å². The molecule has 12 nitrogen and oxygen atoms in total. The van der Waals surface area contributed by atoms with E-state index < -0.39 is 35.6 Å². The first-order valence-corrected chi connectivity index (χ1v) is 16.4. The van der Waals surface area contributed by atoms with E-state index in [0.29, 0.717) is 36.5 Å². The van der Waals surface area contributed by atoms with E-state index in [1.165, 1.54) is 4.90 Å². The number of hydrogen-bond donors (Lipinski definition) is 1. The monoisotopic (exact) mass is 640 g/mol. The van der Waals surface area contributed by atoms with E-state index >= 15 is 0 Å². The van der Waals surface area contributed by atoms with Crippen LogP contribution in [-0.2, 0) is 25.8 Å². The van der Waals surface area contributed by atoms with Crippen LogP contribution in [-0.4, -0.2) is 97.7 Å². The van der Waals surface area contributed by atoms with Crippen molar-refractivity contribution < 1.29 is 29.0 Å². The number of aromatic nitrogens is 3. The molecule has 1 N–H and O–H groups in total. The minimum absolute atomic E-state index is 0.104. The average Bonchev–Trinajstić information content (AvgIpc) is 3.64. The predicted octanol–water partition coefficient (Wildman–Crippen LogP) is 2.78. The van der Waals surface area contributed by atoms with Crippen molar-refractivity contribution in [3.05, 3.63) is 72.8 Å². The number of fused-ring (bicyclic) bond motifs is 3. The maximum Gasteiger partial charge on any atom is 0.250 e. The summed E-state index contributed by atoms with van der Waals surface area (Å²) in [5.74, 6) is -2.20. The van der Waals surface area contributed by atoms with Crippen molar-refractivity contribution in [2.24, 2.45) is 17.8 Å². The summed E-state index contributed by atoms with van der Waals surface area (Å²) in [6.07, 6.45) is 7.36. The lowest BCUT2D eigenvalue weighted by molar-refractivity contribution is -0.152. The Balaban J connectivity index is 1.29. The number of hydrogen-bond acceptors (Lipinski definition) is 8. The van der Waals surface area contributed by atoms with Crippen molar-refractivity contribution in [2.45, 2.75) is 57.6 Å². The van der Waals surface area contributed by atoms with Gasteiger partial charge in [0.25, 0.3) is 5.91 Å². The third-order valence-corrected chi connectivity index (χ3v) is 10.2. The number of likely N-dealkylation sites (tertiary alicyclic amines) is 1. The third-order valence-electron chi connectivity index (χ3n) is 10.2. The number of aliphatic hydroxyl groups excluding tert-OH is 1. The molecule has 3 aromatic rings. The van der Waals surface area contributed by atoms with Crippen LogP contribution < -0.4 is 9.64 Å². The fourth-order valence-electron chi connectivity index (χ4n) is 7.73. The summed E-state index contributed by atoms with van der Waals surface area (Å²) in [5, 5.41) is 19.2. The van der Waals surface area contributed by atoms with Crippen molar-refractivity contribution in [1.29, 1.82) is 0 Å². The van der Waals surface area contributed by atoms with Gasteiger partial charge in [-0.2, -0.15) is 0 Å². The SMILES string of the molecule is CCOc1ccc(N2CC=C[C@@H]3O[C@]45C=CCN(Cn6nnc7ccccc76)C(=O)C4N([C@@H](CO)[C@@H](C)CC)C(=O)[C@@H]5[C@@H]3C2=O)cc1. The molecule has 7 atom stereocenters. The van der Waals surface area contributed by atoms with Crippen LogP contribution in [0.1, 0.15) is 27.2 Å². The lowest BCUT2D eigenvalue weighted by Gasteiger charge is -2.40. The molecule has 4 aliphatic rings. The summed E-state index contributed by atoms with van der Waals surface area (Å²) in [6, 6.07) is 13.1. The zero-order valence-corrected chi connectivity index (χ0v) is 26.8. The van der Waals surface area contributed by atoms with E-state index in [-0.39, 0.29) is 43.5 Å². The number of para-hydroxylation sites is 1. The summed E-state index contributed by atoms with van der Waals surface area (Å²) in [7, 11) is 0. The second-order valence-electron chi connectivity index (χ2n) is 12.7. The molecule has 0 saturated carbocycles. The number of carbonyl (C=O) groups excluding carboxylic acids is 3. The van der Waals surface area contributed by atoms with Gasteiger partial charge in [-0.1, -0.05) is 61.9 Å². The molecule has 1 aromatic heterocycles. The van der Waals surface area contributed by atoms with Crippen molar-refractivity contribution >= 4 is 34.4 Å². The molecule has 7 rings (SSSR count). The molecule has 2 aromatic carbocycles. The molecule has 47 heavy (non-hydrogen) atoms. The number of rotatable bonds is 9. The Kier molecular flexibility index (Phi) is 8.09. The summed E-state index contributed by atoms with van der Waals surface area (Å²) in [4.78, 5) is 48.9. The minimum atomic E-state index is -1.41. The lowest BCUT2D eigenvalue weighted by atomic mass is 9.77. The molecule has 1 spiro atoms. The zero-order chi connectivity index (χ0) is 32.9. The number of ether oxygens (including phenoxy) is 2. The van der Waals surface area contributed by atoms with Crippen LogP contribution in [0.25, 0.3) is 11.0 Å². The molecule has 4 aliphatic heterocycles. The van der Waals surface area contributed by atoms with Crippen LogP contribution in [0.4, 0.5) is 5.69 Å². The standard InChI is InChI=1S/C35H40N6O6/c1-4-22(3)27(20-42)41-31-34(45)38(21-40-26-11-7-6-10-25(26)36-37-40)18-9-17-35(31)30(33(41)44)29-28(47-35)12-8-19-39(32(29)43)23-13-15-24(16-14-23)46-5-2/h6-17,22,27-31,42H,4-5,18-21H2,1-3H3/t22-,27-,28-,29+,30-,31?,35-/m0/s1. The molecular formula is C35H40N6O6. The quantitative estimate of drug-likeness (QED) is 0.354. The fraction of sp³-hybridized carbons (Fsp3) is 0.457. The normalized spacial score (nSPS) is 28.3. The highest BCUT2D eigenvalue weighted by atomic mass is 16.5. The van der Waals surface area contributed by atoms with Gasteiger partial charge in [0.05, 0.1) is 42.7 Å². The molecule has 12 heteroatoms. The lowest BCUT2D eigenvalue weighted by Crippen LogP contribution is -2.59. The zero-order valence-electron chi connectivity index (χ0n) is 26.8. The van der Waals surface area contributed by atoms with Gasteiger partial charge in [-0.15, -0.1) is 5.10 Å². The van der Waals surface area contributed by atoms with Crippen LogP contribution in [0.5, 0.6) is 5.75 Å². The van der Waals surface area contributed by atoms with Crippen molar-refractivity contribution in [3.8, 4) is 5.75 Å². The third kappa shape index (κ3) is 4.92. The molecular weight excluding hydrogens is 600 g/mol. The summed E-state index contributed by atoms with van der Waals surface area (Å²) in [6.45, 7) is 6.72. The number of nitrogens with zero attached hydrogens (tertiary/aromatic N) is 6. The molecule has 2 saturated heterocycles. The number of anilines is 1. The predicted molar refractivity (Wildman–Crippen MR) is 173 cm³/mol. The van der Waals surface area contributed by atoms with Crippen molar-refractivity contribution in [1.82, 2.24) is 24.8 Å². The van der Waals surface area contributed by atoms with E-state index in [1.807, 2.05) is 93.6 Å². The summed E-state index contributed by atoms with van der Waals surface area (Å²) in [5.41, 5.74) is 0.747. The first-order chi connectivity index (χ1) is 22.8. The van der Waals surface area contributed by atoms with Crippen LogP contribution >= 0.6 is 0 Å². The molecule has 2 fully saturated rings. The topological polar surface area (TPSA) is 130 Å². The van der Waals surface area contributed by atoms with Gasteiger partial charge in [-0.25, -0.2) is 4.68 Å². The van der Waals surface area contributed by atoms with E-state index in [4.69, 9.17) is 9.47 Å². The molecule has 3 amide bonds. The van der Waals surface area contributed by atoms with Gasteiger partial charge in [-0.3, -0.25) is 14.4 Å². The largest absolute Gasteiger partial charge is 0.494 e. The Morgan fingerprint density at radius 2 is 1.81 bits per heavy atom. The Bertz CT molecular complexity index is 1740. The van der Waals surface area contributed by atoms with Crippen LogP contribution in [0.15, 0.2) is 72.8 Å². The summed E-state index contributed by atoms with van der Waals surface area (Å²) < 4.78 is 14.1. The smallest absolute Gasteiger partial charge is 0.250 e. The van der Waals surface area contributed by atoms with Gasteiger partial charge < -0.3 is 29.3 Å². The first kappa shape index (κ1) is 31.1. The highest BCUT2D eigenvalue weighted by molar-refractivity contribution is 6.04. The molecule has 0 radical (unpaired) electrons. The van der Waals surface area contributed by atoms with Gasteiger partial charge in [0.1, 0.15) is 29.6 Å². The number of benzene rings is 2. The fourth-order valence-corrected chi connectivity index (χ4v) is 7.73. The van der Waals surface area contributed by atoms with E-state index in [9.17, 15) is 19.5 Å². The highest BCUT2D eigenvalue weighted by Gasteiger charge is 2.72. The van der Waals surface area contributed by atoms with Gasteiger partial charge in [0, 0.05) is 18.8 Å². The molecule has 5 heterocycles. The molecule has 246 valence electrons. The van der Waals surface area contributed by atoms with Gasteiger partial charge >= 0.3 is 0 Å². The number of carbonyl (C=O) groups is 3. The van der Waals surface area contributed by atoms with E-state index in [2.05, 4.69) is 10.3 Å². The molecule has 1 unspecified atom stereocenters. The number of aliphatic hydroxyl groups is 1. The Morgan fingerprint density at radius 3 is 2.55 bits per heavy atom. The first-order valence-electron chi connectivity index (χ1n) is 16.4. The van der Waals surface area contributed by atoms with Gasteiger partial charge in [0.15, 0.2) is 0 Å². The minimum Gasteiger partial charge on any atom is -0.494 e. The van der Waals surface area contributed by atoms with E-state index in [0.717, 1.165) is 5.52 Å². The van der Waals surface area contributed by atoms with Crippen molar-refractivity contribution in [3.63, 3.8) is 0 Å². The molecule has 0 bridgehead atoms. The van der Waals surface area contributed by atoms with Gasteiger partial charge in [0.2, 0.25) is 11.8 Å². The Morgan fingerprint density at radius 1 is 1.02 bits per heavy atom. The number of amides is 3. The van der Waals surface area contributed by atoms with Crippen LogP contribution in [0.3, 0.4) is 0 Å². The summed E-state index contributed by atoms with van der Waals surface area (Å²) >= 11 is 0. The van der Waals surface area contributed by atoms with Crippen molar-refractivity contribution in [2.75, 3.05) is 31.2 Å². The second-order valence-corrected chi connectivity index (χ2v) is 12.7. The van der Waals surface area contributed by atoms with E-state index in [1.54, 1.807) is 14.5 Å². The van der Waals surface area contributed by atoms with Gasteiger partial charge in [-0.05, 0) is 49.2 Å². The Labute approximate surface area is 273 Å². The maximum absolute atomic E-state index is 14.8.